The second-order valence-corrected chi connectivity index (χ2v) is 5.50. The maximum Gasteiger partial charge on any atom is 0.319 e. The van der Waals surface area contributed by atoms with Crippen LogP contribution in [0.2, 0.25) is 5.02 Å². The number of methoxy groups -OCH3 is 3. The number of hydrogen-bond acceptors (Lipinski definition) is 5. The van der Waals surface area contributed by atoms with Gasteiger partial charge in [-0.05, 0) is 12.1 Å². The molecule has 140 valence electrons. The summed E-state index contributed by atoms with van der Waals surface area (Å²) >= 11 is 6.04. The molecule has 0 unspecified atom stereocenters. The fraction of sp³-hybridized carbons (Fsp3) is 0.278. The van der Waals surface area contributed by atoms with Crippen molar-refractivity contribution in [2.24, 2.45) is 0 Å². The molecule has 0 saturated heterocycles. The van der Waals surface area contributed by atoms with Gasteiger partial charge in [0.2, 0.25) is 0 Å². The van der Waals surface area contributed by atoms with Gasteiger partial charge in [-0.2, -0.15) is 0 Å². The number of anilines is 1. The molecule has 8 heteroatoms. The molecule has 0 saturated carbocycles. The van der Waals surface area contributed by atoms with Crippen molar-refractivity contribution < 1.29 is 23.7 Å². The lowest BCUT2D eigenvalue weighted by atomic mass is 10.2. The topological polar surface area (TPSA) is 78.1 Å². The first-order valence-corrected chi connectivity index (χ1v) is 8.18. The maximum atomic E-state index is 12.0. The molecule has 2 N–H and O–H groups in total. The monoisotopic (exact) mass is 380 g/mol. The van der Waals surface area contributed by atoms with E-state index in [1.165, 1.54) is 14.2 Å². The van der Waals surface area contributed by atoms with Crippen LogP contribution in [-0.4, -0.2) is 40.5 Å². The highest BCUT2D eigenvalue weighted by atomic mass is 35.5. The van der Waals surface area contributed by atoms with E-state index in [1.54, 1.807) is 25.3 Å². The first-order valence-electron chi connectivity index (χ1n) is 7.80. The molecule has 26 heavy (non-hydrogen) atoms. The largest absolute Gasteiger partial charge is 0.497 e. The van der Waals surface area contributed by atoms with Crippen molar-refractivity contribution in [2.75, 3.05) is 39.8 Å². The first-order chi connectivity index (χ1) is 12.6. The van der Waals surface area contributed by atoms with Crippen LogP contribution in [0.25, 0.3) is 0 Å². The molecule has 2 rings (SSSR count). The van der Waals surface area contributed by atoms with Crippen LogP contribution in [0.4, 0.5) is 10.5 Å². The molecule has 7 nitrogen and oxygen atoms in total. The summed E-state index contributed by atoms with van der Waals surface area (Å²) in [5.41, 5.74) is 0.444. The van der Waals surface area contributed by atoms with Gasteiger partial charge in [0.1, 0.15) is 29.6 Å². The van der Waals surface area contributed by atoms with E-state index in [9.17, 15) is 4.79 Å². The minimum Gasteiger partial charge on any atom is -0.497 e. The Labute approximate surface area is 157 Å². The minimum atomic E-state index is -0.401. The van der Waals surface area contributed by atoms with Gasteiger partial charge in [-0.1, -0.05) is 17.7 Å². The van der Waals surface area contributed by atoms with Crippen molar-refractivity contribution in [3.05, 3.63) is 41.4 Å². The van der Waals surface area contributed by atoms with Crippen molar-refractivity contribution in [2.45, 2.75) is 0 Å². The lowest BCUT2D eigenvalue weighted by Gasteiger charge is -2.14. The molecule has 0 fully saturated rings. The van der Waals surface area contributed by atoms with Gasteiger partial charge in [-0.25, -0.2) is 4.79 Å². The normalized spacial score (nSPS) is 10.0. The summed E-state index contributed by atoms with van der Waals surface area (Å²) in [4.78, 5) is 12.0. The van der Waals surface area contributed by atoms with Crippen LogP contribution < -0.4 is 29.6 Å². The lowest BCUT2D eigenvalue weighted by Crippen LogP contribution is -2.32. The summed E-state index contributed by atoms with van der Waals surface area (Å²) in [5.74, 6) is 2.23. The Hall–Kier alpha value is -2.80. The Bertz CT molecular complexity index is 754. The zero-order valence-electron chi connectivity index (χ0n) is 14.8. The zero-order valence-corrected chi connectivity index (χ0v) is 15.6. The molecule has 0 bridgehead atoms. The average molecular weight is 381 g/mol. The van der Waals surface area contributed by atoms with Crippen LogP contribution >= 0.6 is 11.6 Å². The third-order valence-corrected chi connectivity index (χ3v) is 3.72. The van der Waals surface area contributed by atoms with Crippen LogP contribution in [-0.2, 0) is 0 Å². The van der Waals surface area contributed by atoms with Gasteiger partial charge in [0, 0.05) is 18.2 Å². The van der Waals surface area contributed by atoms with Gasteiger partial charge >= 0.3 is 6.03 Å². The van der Waals surface area contributed by atoms with Crippen LogP contribution in [0.3, 0.4) is 0 Å². The number of halogens is 1. The molecule has 0 aromatic heterocycles. The smallest absolute Gasteiger partial charge is 0.319 e. The molecule has 0 radical (unpaired) electrons. The fourth-order valence-electron chi connectivity index (χ4n) is 2.15. The maximum absolute atomic E-state index is 12.0. The van der Waals surface area contributed by atoms with Gasteiger partial charge in [0.05, 0.1) is 38.6 Å². The lowest BCUT2D eigenvalue weighted by molar-refractivity contribution is 0.247. The van der Waals surface area contributed by atoms with E-state index in [4.69, 9.17) is 30.5 Å². The van der Waals surface area contributed by atoms with Gasteiger partial charge in [0.15, 0.2) is 0 Å². The minimum absolute atomic E-state index is 0.307. The summed E-state index contributed by atoms with van der Waals surface area (Å²) in [6.45, 7) is 0.623. The van der Waals surface area contributed by atoms with Crippen LogP contribution in [0.15, 0.2) is 36.4 Å². The van der Waals surface area contributed by atoms with E-state index in [0.29, 0.717) is 46.9 Å². The highest BCUT2D eigenvalue weighted by Crippen LogP contribution is 2.35. The number of nitrogens with one attached hydrogen (secondary N) is 2. The molecule has 0 aliphatic rings. The molecular weight excluding hydrogens is 360 g/mol. The third-order valence-electron chi connectivity index (χ3n) is 3.42. The molecule has 0 aliphatic carbocycles. The molecule has 0 atom stereocenters. The number of carbonyl (C=O) groups excluding carboxylic acids is 1. The van der Waals surface area contributed by atoms with Gasteiger partial charge in [0.25, 0.3) is 0 Å². The number of rotatable bonds is 8. The van der Waals surface area contributed by atoms with Gasteiger partial charge in [-0.3, -0.25) is 0 Å². The van der Waals surface area contributed by atoms with Gasteiger partial charge in [-0.15, -0.1) is 0 Å². The molecule has 2 aromatic rings. The third kappa shape index (κ3) is 5.35. The molecule has 2 aromatic carbocycles. The van der Waals surface area contributed by atoms with Gasteiger partial charge < -0.3 is 29.6 Å². The van der Waals surface area contributed by atoms with E-state index in [-0.39, 0.29) is 0 Å². The van der Waals surface area contributed by atoms with Crippen LogP contribution in [0.5, 0.6) is 23.0 Å². The van der Waals surface area contributed by atoms with E-state index < -0.39 is 6.03 Å². The summed E-state index contributed by atoms with van der Waals surface area (Å²) in [6, 6.07) is 10.00. The highest BCUT2D eigenvalue weighted by Gasteiger charge is 2.12. The molecule has 2 amide bonds. The van der Waals surface area contributed by atoms with Crippen molar-refractivity contribution in [1.82, 2.24) is 5.32 Å². The second-order valence-electron chi connectivity index (χ2n) is 5.10. The Morgan fingerprint density at radius 3 is 2.42 bits per heavy atom. The van der Waals surface area contributed by atoms with E-state index >= 15 is 0 Å². The SMILES string of the molecule is COc1cccc(OCCNC(=O)Nc2cc(OC)c(Cl)cc2OC)c1. The standard InChI is InChI=1S/C18H21ClN2O5/c1-23-12-5-4-6-13(9-12)26-8-7-20-18(22)21-15-11-16(24-2)14(19)10-17(15)25-3/h4-6,9-11H,7-8H2,1-3H3,(H2,20,21,22). The molecule has 0 spiro atoms. The number of benzene rings is 2. The van der Waals surface area contributed by atoms with E-state index in [1.807, 2.05) is 18.2 Å². The summed E-state index contributed by atoms with van der Waals surface area (Å²) in [5, 5.41) is 5.78. The predicted molar refractivity (Wildman–Crippen MR) is 100 cm³/mol. The quantitative estimate of drug-likeness (QED) is 0.684. The Balaban J connectivity index is 1.85. The van der Waals surface area contributed by atoms with E-state index in [2.05, 4.69) is 10.6 Å². The number of urea groups is 1. The molecule has 0 heterocycles. The summed E-state index contributed by atoms with van der Waals surface area (Å²) in [7, 11) is 4.57. The number of hydrogen-bond donors (Lipinski definition) is 2. The predicted octanol–water partition coefficient (Wildman–Crippen LogP) is 3.57. The van der Waals surface area contributed by atoms with Crippen molar-refractivity contribution in [3.63, 3.8) is 0 Å². The number of ether oxygens (including phenoxy) is 4. The zero-order chi connectivity index (χ0) is 18.9. The van der Waals surface area contributed by atoms with Crippen molar-refractivity contribution >= 4 is 23.3 Å². The summed E-state index contributed by atoms with van der Waals surface area (Å²) < 4.78 is 21.0. The van der Waals surface area contributed by atoms with Crippen molar-refractivity contribution in [3.8, 4) is 23.0 Å². The number of amides is 2. The van der Waals surface area contributed by atoms with Crippen LogP contribution in [0.1, 0.15) is 0 Å². The number of carbonyl (C=O) groups is 1. The summed E-state index contributed by atoms with van der Waals surface area (Å²) in [6.07, 6.45) is 0. The van der Waals surface area contributed by atoms with E-state index in [0.717, 1.165) is 0 Å². The first kappa shape index (κ1) is 19.5. The second kappa shape index (κ2) is 9.62. The average Bonchev–Trinajstić information content (AvgIpc) is 2.66. The molecular formula is C18H21ClN2O5. The fourth-order valence-corrected chi connectivity index (χ4v) is 2.38. The Morgan fingerprint density at radius 1 is 1.00 bits per heavy atom. The van der Waals surface area contributed by atoms with Crippen LogP contribution in [0, 0.1) is 0 Å². The Morgan fingerprint density at radius 2 is 1.73 bits per heavy atom. The highest BCUT2D eigenvalue weighted by molar-refractivity contribution is 6.32. The molecule has 0 aliphatic heterocycles. The Kier molecular flexibility index (Phi) is 7.23. The van der Waals surface area contributed by atoms with Crippen molar-refractivity contribution in [1.29, 1.82) is 0 Å².